The van der Waals surface area contributed by atoms with E-state index in [1.54, 1.807) is 0 Å². The maximum Gasteiger partial charge on any atom is 0.0309 e. The number of rotatable bonds is 4. The highest BCUT2D eigenvalue weighted by Crippen LogP contribution is 2.35. The molecule has 100 valence electrons. The Kier molecular flexibility index (Phi) is 4.43. The first-order valence-electron chi connectivity index (χ1n) is 7.16. The number of piperazine rings is 1. The van der Waals surface area contributed by atoms with Crippen molar-refractivity contribution in [2.24, 2.45) is 0 Å². The summed E-state index contributed by atoms with van der Waals surface area (Å²) in [4.78, 5) is 2.73. The SMILES string of the molecule is CCSCCN1CC2(CCCC2)NCC1(C)C. The van der Waals surface area contributed by atoms with Gasteiger partial charge in [0.1, 0.15) is 0 Å². The van der Waals surface area contributed by atoms with Crippen molar-refractivity contribution < 1.29 is 0 Å². The van der Waals surface area contributed by atoms with Crippen LogP contribution in [0.15, 0.2) is 0 Å². The van der Waals surface area contributed by atoms with Gasteiger partial charge >= 0.3 is 0 Å². The van der Waals surface area contributed by atoms with Crippen LogP contribution in [0.25, 0.3) is 0 Å². The Bertz CT molecular complexity index is 247. The minimum absolute atomic E-state index is 0.335. The fourth-order valence-corrected chi connectivity index (χ4v) is 3.88. The molecule has 1 saturated heterocycles. The van der Waals surface area contributed by atoms with E-state index < -0.39 is 0 Å². The van der Waals surface area contributed by atoms with E-state index >= 15 is 0 Å². The van der Waals surface area contributed by atoms with Crippen molar-refractivity contribution in [1.82, 2.24) is 10.2 Å². The van der Waals surface area contributed by atoms with E-state index in [1.807, 2.05) is 0 Å². The highest BCUT2D eigenvalue weighted by molar-refractivity contribution is 7.99. The molecule has 0 aromatic heterocycles. The molecule has 0 atom stereocenters. The maximum atomic E-state index is 3.86. The molecule has 1 N–H and O–H groups in total. The second-order valence-corrected chi connectivity index (χ2v) is 7.67. The van der Waals surface area contributed by atoms with Crippen molar-refractivity contribution in [3.8, 4) is 0 Å². The quantitative estimate of drug-likeness (QED) is 0.779. The summed E-state index contributed by atoms with van der Waals surface area (Å²) in [5.74, 6) is 2.54. The van der Waals surface area contributed by atoms with Crippen LogP contribution in [-0.4, -0.2) is 47.1 Å². The predicted molar refractivity (Wildman–Crippen MR) is 77.9 cm³/mol. The molecule has 0 bridgehead atoms. The zero-order valence-electron chi connectivity index (χ0n) is 11.7. The minimum Gasteiger partial charge on any atom is -0.308 e. The van der Waals surface area contributed by atoms with Gasteiger partial charge in [-0.1, -0.05) is 19.8 Å². The van der Waals surface area contributed by atoms with Crippen molar-refractivity contribution in [1.29, 1.82) is 0 Å². The minimum atomic E-state index is 0.335. The van der Waals surface area contributed by atoms with Crippen molar-refractivity contribution in [3.05, 3.63) is 0 Å². The lowest BCUT2D eigenvalue weighted by Gasteiger charge is -2.51. The Hall–Kier alpha value is 0.270. The largest absolute Gasteiger partial charge is 0.308 e. The number of nitrogens with one attached hydrogen (secondary N) is 1. The Morgan fingerprint density at radius 1 is 1.24 bits per heavy atom. The third-order valence-corrected chi connectivity index (χ3v) is 5.40. The lowest BCUT2D eigenvalue weighted by atomic mass is 9.87. The van der Waals surface area contributed by atoms with Gasteiger partial charge in [0.05, 0.1) is 0 Å². The Morgan fingerprint density at radius 3 is 2.59 bits per heavy atom. The molecule has 0 amide bonds. The smallest absolute Gasteiger partial charge is 0.0309 e. The van der Waals surface area contributed by atoms with Crippen LogP contribution in [0.1, 0.15) is 46.5 Å². The average Bonchev–Trinajstić information content (AvgIpc) is 2.73. The lowest BCUT2D eigenvalue weighted by Crippen LogP contribution is -2.67. The second kappa shape index (κ2) is 5.50. The van der Waals surface area contributed by atoms with Gasteiger partial charge in [0.25, 0.3) is 0 Å². The van der Waals surface area contributed by atoms with Crippen molar-refractivity contribution in [2.75, 3.05) is 31.1 Å². The van der Waals surface area contributed by atoms with Crippen LogP contribution in [0, 0.1) is 0 Å². The van der Waals surface area contributed by atoms with E-state index in [9.17, 15) is 0 Å². The lowest BCUT2D eigenvalue weighted by molar-refractivity contribution is 0.0339. The summed E-state index contributed by atoms with van der Waals surface area (Å²) in [6.45, 7) is 10.7. The molecule has 0 radical (unpaired) electrons. The molecule has 2 aliphatic rings. The number of hydrogen-bond donors (Lipinski definition) is 1. The zero-order chi connectivity index (χ0) is 12.4. The first-order valence-corrected chi connectivity index (χ1v) is 8.31. The van der Waals surface area contributed by atoms with Crippen molar-refractivity contribution in [2.45, 2.75) is 57.5 Å². The van der Waals surface area contributed by atoms with Crippen LogP contribution < -0.4 is 5.32 Å². The summed E-state index contributed by atoms with van der Waals surface area (Å²) in [5.41, 5.74) is 0.800. The molecule has 0 unspecified atom stereocenters. The summed E-state index contributed by atoms with van der Waals surface area (Å²) < 4.78 is 0. The standard InChI is InChI=1S/C14H28N2S/c1-4-17-10-9-16-12-14(7-5-6-8-14)15-11-13(16,2)3/h15H,4-12H2,1-3H3. The van der Waals surface area contributed by atoms with Gasteiger partial charge in [0.2, 0.25) is 0 Å². The van der Waals surface area contributed by atoms with Gasteiger partial charge in [-0.25, -0.2) is 0 Å². The predicted octanol–water partition coefficient (Wildman–Crippen LogP) is 2.74. The van der Waals surface area contributed by atoms with Crippen LogP contribution >= 0.6 is 11.8 Å². The van der Waals surface area contributed by atoms with E-state index in [1.165, 1.54) is 50.3 Å². The van der Waals surface area contributed by atoms with E-state index in [0.717, 1.165) is 6.54 Å². The number of nitrogens with zero attached hydrogens (tertiary/aromatic N) is 1. The Morgan fingerprint density at radius 2 is 1.94 bits per heavy atom. The fourth-order valence-electron chi connectivity index (χ4n) is 3.24. The Balaban J connectivity index is 1.94. The van der Waals surface area contributed by atoms with Gasteiger partial charge in [-0.3, -0.25) is 4.90 Å². The molecular weight excluding hydrogens is 228 g/mol. The molecular formula is C14H28N2S. The van der Waals surface area contributed by atoms with E-state index in [4.69, 9.17) is 0 Å². The molecule has 2 fully saturated rings. The van der Waals surface area contributed by atoms with Crippen LogP contribution in [0.5, 0.6) is 0 Å². The monoisotopic (exact) mass is 256 g/mol. The van der Waals surface area contributed by atoms with Gasteiger partial charge < -0.3 is 5.32 Å². The highest BCUT2D eigenvalue weighted by atomic mass is 32.2. The molecule has 2 nitrogen and oxygen atoms in total. The van der Waals surface area contributed by atoms with Crippen LogP contribution in [0.4, 0.5) is 0 Å². The van der Waals surface area contributed by atoms with Gasteiger partial charge in [-0.2, -0.15) is 11.8 Å². The first-order chi connectivity index (χ1) is 8.08. The summed E-state index contributed by atoms with van der Waals surface area (Å²) in [5, 5.41) is 3.86. The van der Waals surface area contributed by atoms with E-state index in [0.29, 0.717) is 11.1 Å². The van der Waals surface area contributed by atoms with Gasteiger partial charge in [-0.15, -0.1) is 0 Å². The number of hydrogen-bond acceptors (Lipinski definition) is 3. The van der Waals surface area contributed by atoms with Gasteiger partial charge in [-0.05, 0) is 32.4 Å². The van der Waals surface area contributed by atoms with Crippen LogP contribution in [0.3, 0.4) is 0 Å². The first kappa shape index (κ1) is 13.7. The molecule has 17 heavy (non-hydrogen) atoms. The molecule has 3 heteroatoms. The third-order valence-electron chi connectivity index (χ3n) is 4.52. The van der Waals surface area contributed by atoms with E-state index in [-0.39, 0.29) is 0 Å². The van der Waals surface area contributed by atoms with Crippen LogP contribution in [-0.2, 0) is 0 Å². The van der Waals surface area contributed by atoms with E-state index in [2.05, 4.69) is 42.7 Å². The molecule has 2 rings (SSSR count). The summed E-state index contributed by atoms with van der Waals surface area (Å²) in [6, 6.07) is 0. The molecule has 1 heterocycles. The molecule has 1 aliphatic carbocycles. The molecule has 1 saturated carbocycles. The molecule has 0 aromatic rings. The summed E-state index contributed by atoms with van der Waals surface area (Å²) >= 11 is 2.07. The van der Waals surface area contributed by atoms with Gasteiger partial charge in [0.15, 0.2) is 0 Å². The van der Waals surface area contributed by atoms with Gasteiger partial charge in [0, 0.05) is 36.5 Å². The molecule has 1 spiro atoms. The molecule has 1 aliphatic heterocycles. The van der Waals surface area contributed by atoms with Crippen molar-refractivity contribution >= 4 is 11.8 Å². The average molecular weight is 256 g/mol. The normalized spacial score (nSPS) is 27.7. The highest BCUT2D eigenvalue weighted by Gasteiger charge is 2.43. The second-order valence-electron chi connectivity index (χ2n) is 6.27. The maximum absolute atomic E-state index is 3.86. The Labute approximate surface area is 111 Å². The summed E-state index contributed by atoms with van der Waals surface area (Å²) in [7, 11) is 0. The summed E-state index contributed by atoms with van der Waals surface area (Å²) in [6.07, 6.45) is 5.62. The molecule has 0 aromatic carbocycles. The van der Waals surface area contributed by atoms with Crippen LogP contribution in [0.2, 0.25) is 0 Å². The topological polar surface area (TPSA) is 15.3 Å². The zero-order valence-corrected chi connectivity index (χ0v) is 12.5. The third kappa shape index (κ3) is 3.18. The van der Waals surface area contributed by atoms with Crippen molar-refractivity contribution in [3.63, 3.8) is 0 Å². The number of thioether (sulfide) groups is 1. The fraction of sp³-hybridized carbons (Fsp3) is 1.00.